The maximum Gasteiger partial charge on any atom is 0.220 e. The average molecular weight is 398 g/mol. The summed E-state index contributed by atoms with van der Waals surface area (Å²) >= 11 is 9.72. The molecular weight excluding hydrogens is 380 g/mol. The minimum absolute atomic E-state index is 0.0733. The van der Waals surface area contributed by atoms with Crippen LogP contribution < -0.4 is 10.6 Å². The van der Waals surface area contributed by atoms with Crippen molar-refractivity contribution in [2.75, 3.05) is 0 Å². The number of carbonyl (C=O) groups excluding carboxylic acids is 1. The van der Waals surface area contributed by atoms with E-state index in [2.05, 4.69) is 31.7 Å². The van der Waals surface area contributed by atoms with Gasteiger partial charge in [-0.25, -0.2) is 0 Å². The molecule has 3 rings (SSSR count). The topological polar surface area (TPSA) is 59.0 Å². The standard InChI is InChI=1S/C16H18BrClN4O/c1-22-9-11(8-20-22)16-14(4-5-15(23)21-16)19-7-10-6-12(17)2-3-13(10)18/h2-3,6,8-9,14,16,19H,4-5,7H2,1H3,(H,21,23)/t14-,16+/m1/s1. The maximum absolute atomic E-state index is 11.8. The van der Waals surface area contributed by atoms with Gasteiger partial charge in [0.25, 0.3) is 0 Å². The van der Waals surface area contributed by atoms with Crippen LogP contribution in [0, 0.1) is 0 Å². The highest BCUT2D eigenvalue weighted by molar-refractivity contribution is 9.10. The third-order valence-electron chi connectivity index (χ3n) is 4.05. The number of carbonyl (C=O) groups is 1. The Bertz CT molecular complexity index is 718. The Morgan fingerprint density at radius 3 is 3.09 bits per heavy atom. The van der Waals surface area contributed by atoms with Gasteiger partial charge in [0.05, 0.1) is 12.2 Å². The fourth-order valence-electron chi connectivity index (χ4n) is 2.86. The number of aromatic nitrogens is 2. The third-order valence-corrected chi connectivity index (χ3v) is 4.91. The molecule has 122 valence electrons. The van der Waals surface area contributed by atoms with E-state index < -0.39 is 0 Å². The molecule has 2 atom stereocenters. The molecule has 0 spiro atoms. The van der Waals surface area contributed by atoms with Gasteiger partial charge in [-0.3, -0.25) is 9.48 Å². The van der Waals surface area contributed by atoms with Crippen molar-refractivity contribution in [1.82, 2.24) is 20.4 Å². The van der Waals surface area contributed by atoms with E-state index in [9.17, 15) is 4.79 Å². The van der Waals surface area contributed by atoms with Crippen molar-refractivity contribution in [3.8, 4) is 0 Å². The predicted octanol–water partition coefficient (Wildman–Crippen LogP) is 2.95. The zero-order chi connectivity index (χ0) is 16.4. The number of hydrogen-bond donors (Lipinski definition) is 2. The van der Waals surface area contributed by atoms with E-state index in [0.717, 1.165) is 27.0 Å². The number of rotatable bonds is 4. The van der Waals surface area contributed by atoms with Crippen molar-refractivity contribution in [1.29, 1.82) is 0 Å². The zero-order valence-electron chi connectivity index (χ0n) is 12.7. The van der Waals surface area contributed by atoms with E-state index in [1.165, 1.54) is 0 Å². The number of amides is 1. The Hall–Kier alpha value is -1.37. The number of aryl methyl sites for hydroxylation is 1. The molecule has 2 aromatic rings. The first-order valence-corrected chi connectivity index (χ1v) is 8.65. The molecule has 1 fully saturated rings. The number of piperidine rings is 1. The van der Waals surface area contributed by atoms with Gasteiger partial charge in [-0.05, 0) is 30.2 Å². The van der Waals surface area contributed by atoms with Gasteiger partial charge in [0.15, 0.2) is 0 Å². The van der Waals surface area contributed by atoms with Crippen LogP contribution in [0.15, 0.2) is 35.1 Å². The molecule has 5 nitrogen and oxygen atoms in total. The Kier molecular flexibility index (Phi) is 5.04. The zero-order valence-corrected chi connectivity index (χ0v) is 15.1. The van der Waals surface area contributed by atoms with Crippen LogP contribution in [0.4, 0.5) is 0 Å². The Morgan fingerprint density at radius 2 is 2.35 bits per heavy atom. The van der Waals surface area contributed by atoms with Crippen LogP contribution in [0.1, 0.15) is 30.0 Å². The van der Waals surface area contributed by atoms with Gasteiger partial charge < -0.3 is 10.6 Å². The van der Waals surface area contributed by atoms with Gasteiger partial charge >= 0.3 is 0 Å². The second-order valence-corrected chi connectivity index (χ2v) is 7.08. The lowest BCUT2D eigenvalue weighted by Crippen LogP contribution is -2.48. The normalized spacial score (nSPS) is 21.3. The van der Waals surface area contributed by atoms with Crippen molar-refractivity contribution in [2.24, 2.45) is 7.05 Å². The van der Waals surface area contributed by atoms with Gasteiger partial charge in [-0.2, -0.15) is 5.10 Å². The second kappa shape index (κ2) is 7.03. The van der Waals surface area contributed by atoms with E-state index in [1.807, 2.05) is 31.4 Å². The quantitative estimate of drug-likeness (QED) is 0.834. The fourth-order valence-corrected chi connectivity index (χ4v) is 3.45. The molecule has 23 heavy (non-hydrogen) atoms. The van der Waals surface area contributed by atoms with E-state index in [1.54, 1.807) is 10.9 Å². The summed E-state index contributed by atoms with van der Waals surface area (Å²) in [6, 6.07) is 5.88. The summed E-state index contributed by atoms with van der Waals surface area (Å²) < 4.78 is 2.75. The highest BCUT2D eigenvalue weighted by Gasteiger charge is 2.30. The molecule has 0 saturated carbocycles. The summed E-state index contributed by atoms with van der Waals surface area (Å²) in [7, 11) is 1.87. The minimum atomic E-state index is -0.0733. The Morgan fingerprint density at radius 1 is 1.52 bits per heavy atom. The first-order valence-electron chi connectivity index (χ1n) is 7.48. The van der Waals surface area contributed by atoms with Crippen molar-refractivity contribution in [3.05, 3.63) is 51.2 Å². The van der Waals surface area contributed by atoms with Gasteiger partial charge in [-0.1, -0.05) is 27.5 Å². The molecule has 7 heteroatoms. The number of halogens is 2. The lowest BCUT2D eigenvalue weighted by molar-refractivity contribution is -0.123. The van der Waals surface area contributed by atoms with Crippen molar-refractivity contribution in [2.45, 2.75) is 31.5 Å². The molecule has 1 aromatic heterocycles. The number of hydrogen-bond acceptors (Lipinski definition) is 3. The largest absolute Gasteiger partial charge is 0.348 e. The number of nitrogens with zero attached hydrogens (tertiary/aromatic N) is 2. The van der Waals surface area contributed by atoms with E-state index >= 15 is 0 Å². The van der Waals surface area contributed by atoms with Crippen LogP contribution in [0.3, 0.4) is 0 Å². The summed E-state index contributed by atoms with van der Waals surface area (Å²) in [5, 5.41) is 11.5. The fraction of sp³-hybridized carbons (Fsp3) is 0.375. The Balaban J connectivity index is 1.74. The van der Waals surface area contributed by atoms with Crippen LogP contribution in [0.5, 0.6) is 0 Å². The molecular formula is C16H18BrClN4O. The van der Waals surface area contributed by atoms with Crippen LogP contribution in [0.2, 0.25) is 5.02 Å². The summed E-state index contributed by atoms with van der Waals surface area (Å²) in [6.45, 7) is 0.648. The van der Waals surface area contributed by atoms with Gasteiger partial charge in [0.1, 0.15) is 0 Å². The summed E-state index contributed by atoms with van der Waals surface area (Å²) in [6.07, 6.45) is 5.06. The van der Waals surface area contributed by atoms with Crippen molar-refractivity contribution < 1.29 is 4.79 Å². The van der Waals surface area contributed by atoms with Crippen LogP contribution in [0.25, 0.3) is 0 Å². The highest BCUT2D eigenvalue weighted by Crippen LogP contribution is 2.26. The summed E-state index contributed by atoms with van der Waals surface area (Å²) in [5.74, 6) is 0.0809. The molecule has 1 amide bonds. The molecule has 2 heterocycles. The summed E-state index contributed by atoms with van der Waals surface area (Å²) in [5.41, 5.74) is 2.04. The first kappa shape index (κ1) is 16.5. The third kappa shape index (κ3) is 3.94. The van der Waals surface area contributed by atoms with E-state index in [4.69, 9.17) is 11.6 Å². The molecule has 1 aliphatic heterocycles. The lowest BCUT2D eigenvalue weighted by atomic mass is 9.93. The molecule has 1 saturated heterocycles. The minimum Gasteiger partial charge on any atom is -0.348 e. The van der Waals surface area contributed by atoms with Crippen molar-refractivity contribution in [3.63, 3.8) is 0 Å². The van der Waals surface area contributed by atoms with Crippen LogP contribution in [-0.2, 0) is 18.4 Å². The highest BCUT2D eigenvalue weighted by atomic mass is 79.9. The predicted molar refractivity (Wildman–Crippen MR) is 93.1 cm³/mol. The van der Waals surface area contributed by atoms with Crippen LogP contribution in [-0.4, -0.2) is 21.7 Å². The lowest BCUT2D eigenvalue weighted by Gasteiger charge is -2.32. The average Bonchev–Trinajstić information content (AvgIpc) is 2.95. The molecule has 2 N–H and O–H groups in total. The van der Waals surface area contributed by atoms with Gasteiger partial charge in [-0.15, -0.1) is 0 Å². The molecule has 0 radical (unpaired) electrons. The summed E-state index contributed by atoms with van der Waals surface area (Å²) in [4.78, 5) is 11.8. The second-order valence-electron chi connectivity index (χ2n) is 5.75. The SMILES string of the molecule is Cn1cc([C@@H]2NC(=O)CC[C@H]2NCc2cc(Br)ccc2Cl)cn1. The molecule has 0 aliphatic carbocycles. The first-order chi connectivity index (χ1) is 11.0. The Labute approximate surface area is 148 Å². The van der Waals surface area contributed by atoms with Crippen LogP contribution >= 0.6 is 27.5 Å². The maximum atomic E-state index is 11.8. The monoisotopic (exact) mass is 396 g/mol. The molecule has 0 unspecified atom stereocenters. The smallest absolute Gasteiger partial charge is 0.220 e. The molecule has 1 aromatic carbocycles. The van der Waals surface area contributed by atoms with Gasteiger partial charge in [0.2, 0.25) is 5.91 Å². The number of benzene rings is 1. The molecule has 0 bridgehead atoms. The van der Waals surface area contributed by atoms with Gasteiger partial charge in [0, 0.05) is 47.3 Å². The van der Waals surface area contributed by atoms with E-state index in [0.29, 0.717) is 13.0 Å². The molecule has 1 aliphatic rings. The van der Waals surface area contributed by atoms with Crippen molar-refractivity contribution >= 4 is 33.4 Å². The number of nitrogens with one attached hydrogen (secondary N) is 2. The van der Waals surface area contributed by atoms with E-state index in [-0.39, 0.29) is 18.0 Å².